The number of unbranched alkanes of at least 4 members (excludes halogenated alkanes) is 3. The average molecular weight is 255 g/mol. The second-order valence-corrected chi connectivity index (χ2v) is 4.91. The third kappa shape index (κ3) is 8.26. The average Bonchev–Trinajstić information content (AvgIpc) is 2.36. The maximum atomic E-state index is 12.0. The Labute approximate surface area is 112 Å². The van der Waals surface area contributed by atoms with Crippen LogP contribution in [0.25, 0.3) is 0 Å². The summed E-state index contributed by atoms with van der Waals surface area (Å²) >= 11 is 0. The molecule has 0 aliphatic carbocycles. The van der Waals surface area contributed by atoms with E-state index in [4.69, 9.17) is 0 Å². The van der Waals surface area contributed by atoms with E-state index in [1.54, 1.807) is 0 Å². The zero-order valence-electron chi connectivity index (χ0n) is 12.3. The predicted molar refractivity (Wildman–Crippen MR) is 75.5 cm³/mol. The molecule has 0 atom stereocenters. The smallest absolute Gasteiger partial charge is 0.230 e. The molecule has 0 aliphatic heterocycles. The van der Waals surface area contributed by atoms with Gasteiger partial charge in [-0.15, -0.1) is 0 Å². The highest BCUT2D eigenvalue weighted by molar-refractivity contribution is 5.97. The van der Waals surface area contributed by atoms with Crippen molar-refractivity contribution in [2.24, 2.45) is 0 Å². The molecule has 0 saturated carbocycles. The maximum absolute atomic E-state index is 12.0. The first-order valence-electron chi connectivity index (χ1n) is 7.45. The van der Waals surface area contributed by atoms with E-state index in [1.165, 1.54) is 0 Å². The van der Waals surface area contributed by atoms with Crippen molar-refractivity contribution < 1.29 is 9.59 Å². The number of carbonyl (C=O) groups excluding carboxylic acids is 2. The summed E-state index contributed by atoms with van der Waals surface area (Å²) in [5.41, 5.74) is 0. The van der Waals surface area contributed by atoms with E-state index in [-0.39, 0.29) is 18.1 Å². The molecule has 0 aromatic carbocycles. The quantitative estimate of drug-likeness (QED) is 0.529. The molecule has 0 aromatic rings. The van der Waals surface area contributed by atoms with Gasteiger partial charge in [-0.25, -0.2) is 0 Å². The Kier molecular flexibility index (Phi) is 10.7. The van der Waals surface area contributed by atoms with Crippen LogP contribution >= 0.6 is 0 Å². The van der Waals surface area contributed by atoms with Crippen LogP contribution in [0.2, 0.25) is 0 Å². The van der Waals surface area contributed by atoms with Gasteiger partial charge in [-0.3, -0.25) is 9.59 Å². The lowest BCUT2D eigenvalue weighted by Crippen LogP contribution is -2.34. The number of carbonyl (C=O) groups is 2. The molecule has 18 heavy (non-hydrogen) atoms. The number of hydrogen-bond acceptors (Lipinski definition) is 2. The first kappa shape index (κ1) is 17.1. The Balaban J connectivity index is 4.13. The minimum Gasteiger partial charge on any atom is -0.342 e. The number of ketones is 1. The zero-order valence-corrected chi connectivity index (χ0v) is 12.3. The van der Waals surface area contributed by atoms with E-state index in [1.807, 2.05) is 4.90 Å². The molecule has 0 radical (unpaired) electrons. The number of nitrogens with zero attached hydrogens (tertiary/aromatic N) is 1. The molecule has 0 spiro atoms. The highest BCUT2D eigenvalue weighted by Crippen LogP contribution is 2.05. The molecule has 0 rings (SSSR count). The Hall–Kier alpha value is -0.860. The summed E-state index contributed by atoms with van der Waals surface area (Å²) in [5.74, 6) is 0.123. The molecule has 0 aromatic heterocycles. The topological polar surface area (TPSA) is 37.4 Å². The Bertz CT molecular complexity index is 231. The summed E-state index contributed by atoms with van der Waals surface area (Å²) in [6.45, 7) is 7.90. The Morgan fingerprint density at radius 1 is 0.833 bits per heavy atom. The van der Waals surface area contributed by atoms with Gasteiger partial charge in [0.2, 0.25) is 5.91 Å². The van der Waals surface area contributed by atoms with Crippen molar-refractivity contribution in [2.45, 2.75) is 72.1 Å². The molecule has 0 bridgehead atoms. The molecule has 0 saturated heterocycles. The molecule has 0 aliphatic rings. The van der Waals surface area contributed by atoms with Crippen LogP contribution in [0.15, 0.2) is 0 Å². The summed E-state index contributed by atoms with van der Waals surface area (Å²) in [7, 11) is 0. The largest absolute Gasteiger partial charge is 0.342 e. The molecular weight excluding hydrogens is 226 g/mol. The standard InChI is InChI=1S/C15H29NO2/c1-4-7-10-14(17)13-15(18)16(11-8-5-2)12-9-6-3/h4-13H2,1-3H3. The first-order chi connectivity index (χ1) is 8.65. The van der Waals surface area contributed by atoms with E-state index in [0.29, 0.717) is 6.42 Å². The molecule has 0 unspecified atom stereocenters. The molecule has 0 fully saturated rings. The summed E-state index contributed by atoms with van der Waals surface area (Å²) < 4.78 is 0. The summed E-state index contributed by atoms with van der Waals surface area (Å²) in [6, 6.07) is 0. The van der Waals surface area contributed by atoms with Gasteiger partial charge in [0.25, 0.3) is 0 Å². The third-order valence-corrected chi connectivity index (χ3v) is 3.07. The van der Waals surface area contributed by atoms with Crippen molar-refractivity contribution in [1.82, 2.24) is 4.90 Å². The monoisotopic (exact) mass is 255 g/mol. The van der Waals surface area contributed by atoms with Crippen LogP contribution in [-0.2, 0) is 9.59 Å². The van der Waals surface area contributed by atoms with Gasteiger partial charge in [0, 0.05) is 19.5 Å². The van der Waals surface area contributed by atoms with Crippen molar-refractivity contribution in [3.63, 3.8) is 0 Å². The molecule has 1 amide bonds. The van der Waals surface area contributed by atoms with Crippen molar-refractivity contribution in [3.05, 3.63) is 0 Å². The van der Waals surface area contributed by atoms with E-state index in [2.05, 4.69) is 20.8 Å². The van der Waals surface area contributed by atoms with Crippen molar-refractivity contribution in [3.8, 4) is 0 Å². The molecule has 0 N–H and O–H groups in total. The van der Waals surface area contributed by atoms with E-state index in [0.717, 1.165) is 51.6 Å². The lowest BCUT2D eigenvalue weighted by Gasteiger charge is -2.22. The fourth-order valence-corrected chi connectivity index (χ4v) is 1.80. The van der Waals surface area contributed by atoms with Crippen LogP contribution in [0, 0.1) is 0 Å². The lowest BCUT2D eigenvalue weighted by atomic mass is 10.1. The predicted octanol–water partition coefficient (Wildman–Crippen LogP) is 3.56. The second-order valence-electron chi connectivity index (χ2n) is 4.91. The second kappa shape index (κ2) is 11.2. The number of amides is 1. The number of rotatable bonds is 11. The van der Waals surface area contributed by atoms with Gasteiger partial charge in [-0.1, -0.05) is 40.0 Å². The van der Waals surface area contributed by atoms with Gasteiger partial charge in [-0.2, -0.15) is 0 Å². The number of Topliss-reactive ketones (excluding diaryl/α,β-unsaturated/α-hetero) is 1. The summed E-state index contributed by atoms with van der Waals surface area (Å²) in [6.07, 6.45) is 6.78. The van der Waals surface area contributed by atoms with Crippen LogP contribution in [-0.4, -0.2) is 29.7 Å². The van der Waals surface area contributed by atoms with Gasteiger partial charge in [0.1, 0.15) is 5.78 Å². The van der Waals surface area contributed by atoms with Gasteiger partial charge < -0.3 is 4.90 Å². The van der Waals surface area contributed by atoms with Gasteiger partial charge in [0.05, 0.1) is 6.42 Å². The minimum absolute atomic E-state index is 0.0259. The van der Waals surface area contributed by atoms with Gasteiger partial charge >= 0.3 is 0 Å². The van der Waals surface area contributed by atoms with E-state index in [9.17, 15) is 9.59 Å². The van der Waals surface area contributed by atoms with Crippen LogP contribution in [0.5, 0.6) is 0 Å². The maximum Gasteiger partial charge on any atom is 0.230 e. The zero-order chi connectivity index (χ0) is 13.8. The Morgan fingerprint density at radius 3 is 1.78 bits per heavy atom. The first-order valence-corrected chi connectivity index (χ1v) is 7.45. The normalized spacial score (nSPS) is 10.4. The molecule has 3 nitrogen and oxygen atoms in total. The number of hydrogen-bond donors (Lipinski definition) is 0. The molecule has 0 heterocycles. The highest BCUT2D eigenvalue weighted by Gasteiger charge is 2.15. The van der Waals surface area contributed by atoms with Gasteiger partial charge in [0.15, 0.2) is 0 Å². The molecule has 106 valence electrons. The Morgan fingerprint density at radius 2 is 1.33 bits per heavy atom. The van der Waals surface area contributed by atoms with Gasteiger partial charge in [-0.05, 0) is 19.3 Å². The van der Waals surface area contributed by atoms with Crippen LogP contribution < -0.4 is 0 Å². The van der Waals surface area contributed by atoms with Crippen molar-refractivity contribution >= 4 is 11.7 Å². The van der Waals surface area contributed by atoms with Crippen LogP contribution in [0.4, 0.5) is 0 Å². The van der Waals surface area contributed by atoms with Crippen LogP contribution in [0.1, 0.15) is 72.1 Å². The minimum atomic E-state index is 0.0259. The van der Waals surface area contributed by atoms with E-state index < -0.39 is 0 Å². The fourth-order valence-electron chi connectivity index (χ4n) is 1.80. The van der Waals surface area contributed by atoms with Crippen LogP contribution in [0.3, 0.4) is 0 Å². The van der Waals surface area contributed by atoms with Crippen molar-refractivity contribution in [2.75, 3.05) is 13.1 Å². The van der Waals surface area contributed by atoms with E-state index >= 15 is 0 Å². The van der Waals surface area contributed by atoms with Crippen molar-refractivity contribution in [1.29, 1.82) is 0 Å². The summed E-state index contributed by atoms with van der Waals surface area (Å²) in [5, 5.41) is 0. The third-order valence-electron chi connectivity index (χ3n) is 3.07. The lowest BCUT2D eigenvalue weighted by molar-refractivity contribution is -0.135. The SMILES string of the molecule is CCCCC(=O)CC(=O)N(CCCC)CCCC. The molecule has 3 heteroatoms. The summed E-state index contributed by atoms with van der Waals surface area (Å²) in [4.78, 5) is 25.5. The highest BCUT2D eigenvalue weighted by atomic mass is 16.2. The fraction of sp³-hybridized carbons (Fsp3) is 0.867. The molecular formula is C15H29NO2.